The monoisotopic (exact) mass is 307 g/mol. The van der Waals surface area contributed by atoms with Crippen molar-refractivity contribution in [1.29, 1.82) is 0 Å². The van der Waals surface area contributed by atoms with Crippen LogP contribution in [0.3, 0.4) is 0 Å². The van der Waals surface area contributed by atoms with Gasteiger partial charge in [0, 0.05) is 25.3 Å². The van der Waals surface area contributed by atoms with Gasteiger partial charge in [0.25, 0.3) is 3.41 Å². The standard InChI is InChI=1S/C7H17NO6S3/c1-5-8-6-7(15(2,9)10,16(3,11)12)17(4,13)14/h8H,5-6H2,1-4H3. The highest BCUT2D eigenvalue weighted by Gasteiger charge is 2.58. The van der Waals surface area contributed by atoms with Crippen LogP contribution >= 0.6 is 0 Å². The molecular weight excluding hydrogens is 290 g/mol. The lowest BCUT2D eigenvalue weighted by Crippen LogP contribution is -2.57. The Hall–Kier alpha value is -0.190. The van der Waals surface area contributed by atoms with Crippen molar-refractivity contribution in [2.45, 2.75) is 10.3 Å². The van der Waals surface area contributed by atoms with Crippen LogP contribution in [-0.4, -0.2) is 60.5 Å². The molecule has 0 saturated carbocycles. The van der Waals surface area contributed by atoms with Gasteiger partial charge in [-0.1, -0.05) is 6.92 Å². The Morgan fingerprint density at radius 1 is 0.824 bits per heavy atom. The molecule has 0 radical (unpaired) electrons. The van der Waals surface area contributed by atoms with E-state index in [1.165, 1.54) is 0 Å². The first-order chi connectivity index (χ1) is 7.31. The summed E-state index contributed by atoms with van der Waals surface area (Å²) >= 11 is 0. The van der Waals surface area contributed by atoms with Crippen LogP contribution < -0.4 is 5.32 Å². The average Bonchev–Trinajstić information content (AvgIpc) is 1.96. The zero-order valence-electron chi connectivity index (χ0n) is 10.1. The highest BCUT2D eigenvalue weighted by Crippen LogP contribution is 2.29. The Morgan fingerprint density at radius 3 is 1.29 bits per heavy atom. The summed E-state index contributed by atoms with van der Waals surface area (Å²) in [5, 5.41) is 2.47. The summed E-state index contributed by atoms with van der Waals surface area (Å²) in [6.07, 6.45) is 1.81. The first kappa shape index (κ1) is 16.8. The first-order valence-corrected chi connectivity index (χ1v) is 10.3. The van der Waals surface area contributed by atoms with Crippen molar-refractivity contribution >= 4 is 29.5 Å². The van der Waals surface area contributed by atoms with Gasteiger partial charge in [0.2, 0.25) is 0 Å². The van der Waals surface area contributed by atoms with Crippen LogP contribution in [0.2, 0.25) is 0 Å². The molecule has 0 fully saturated rings. The van der Waals surface area contributed by atoms with E-state index in [0.717, 1.165) is 0 Å². The lowest BCUT2D eigenvalue weighted by Gasteiger charge is -2.28. The predicted octanol–water partition coefficient (Wildman–Crippen LogP) is -1.62. The lowest BCUT2D eigenvalue weighted by atomic mass is 10.6. The summed E-state index contributed by atoms with van der Waals surface area (Å²) in [6.45, 7) is 1.18. The average molecular weight is 307 g/mol. The quantitative estimate of drug-likeness (QED) is 0.627. The Morgan fingerprint density at radius 2 is 1.12 bits per heavy atom. The molecule has 0 aliphatic heterocycles. The predicted molar refractivity (Wildman–Crippen MR) is 65.8 cm³/mol. The highest BCUT2D eigenvalue weighted by atomic mass is 32.3. The normalized spacial score (nSPS) is 14.8. The summed E-state index contributed by atoms with van der Waals surface area (Å²) < 4.78 is 67.1. The van der Waals surface area contributed by atoms with Crippen LogP contribution in [0.15, 0.2) is 0 Å². The first-order valence-electron chi connectivity index (χ1n) is 4.60. The number of hydrogen-bond donors (Lipinski definition) is 1. The minimum atomic E-state index is -4.35. The third-order valence-corrected chi connectivity index (χ3v) is 11.6. The number of sulfone groups is 3. The third kappa shape index (κ3) is 2.98. The molecule has 0 aliphatic rings. The maximum Gasteiger partial charge on any atom is 0.283 e. The fourth-order valence-electron chi connectivity index (χ4n) is 1.50. The van der Waals surface area contributed by atoms with Crippen LogP contribution in [0.1, 0.15) is 6.92 Å². The molecule has 0 aromatic carbocycles. The highest BCUT2D eigenvalue weighted by molar-refractivity contribution is 8.25. The van der Waals surface area contributed by atoms with Gasteiger partial charge in [-0.25, -0.2) is 25.3 Å². The van der Waals surface area contributed by atoms with Crippen molar-refractivity contribution in [1.82, 2.24) is 5.32 Å². The molecule has 0 aromatic rings. The van der Waals surface area contributed by atoms with Gasteiger partial charge in [0.1, 0.15) is 0 Å². The molecule has 7 nitrogen and oxygen atoms in total. The largest absolute Gasteiger partial charge is 0.313 e. The molecule has 0 heterocycles. The van der Waals surface area contributed by atoms with Gasteiger partial charge in [0.05, 0.1) is 0 Å². The molecule has 0 aliphatic carbocycles. The minimum absolute atomic E-state index is 0.252. The Labute approximate surface area is 102 Å². The number of hydrogen-bond acceptors (Lipinski definition) is 7. The van der Waals surface area contributed by atoms with Crippen LogP contribution in [0, 0.1) is 0 Å². The van der Waals surface area contributed by atoms with Gasteiger partial charge < -0.3 is 5.32 Å². The van der Waals surface area contributed by atoms with Gasteiger partial charge in [-0.05, 0) is 6.54 Å². The van der Waals surface area contributed by atoms with E-state index in [1.807, 2.05) is 0 Å². The van der Waals surface area contributed by atoms with Gasteiger partial charge in [-0.3, -0.25) is 0 Å². The molecule has 0 spiro atoms. The second kappa shape index (κ2) is 4.82. The van der Waals surface area contributed by atoms with E-state index in [0.29, 0.717) is 18.8 Å². The summed E-state index contributed by atoms with van der Waals surface area (Å²) in [5.74, 6) is 0. The van der Waals surface area contributed by atoms with E-state index in [2.05, 4.69) is 5.32 Å². The second-order valence-corrected chi connectivity index (χ2v) is 11.3. The van der Waals surface area contributed by atoms with E-state index in [4.69, 9.17) is 0 Å². The third-order valence-electron chi connectivity index (χ3n) is 2.29. The smallest absolute Gasteiger partial charge is 0.283 e. The molecule has 0 atom stereocenters. The van der Waals surface area contributed by atoms with E-state index in [-0.39, 0.29) is 6.54 Å². The van der Waals surface area contributed by atoms with Gasteiger partial charge in [0.15, 0.2) is 29.5 Å². The van der Waals surface area contributed by atoms with E-state index in [1.54, 1.807) is 6.92 Å². The molecule has 104 valence electrons. The maximum atomic E-state index is 11.7. The van der Waals surface area contributed by atoms with Gasteiger partial charge in [-0.2, -0.15) is 0 Å². The van der Waals surface area contributed by atoms with Crippen molar-refractivity contribution < 1.29 is 25.3 Å². The topological polar surface area (TPSA) is 114 Å². The SMILES string of the molecule is CCNCC(S(C)(=O)=O)(S(C)(=O)=O)S(C)(=O)=O. The second-order valence-electron chi connectivity index (χ2n) is 3.78. The van der Waals surface area contributed by atoms with Crippen LogP contribution in [-0.2, 0) is 29.5 Å². The van der Waals surface area contributed by atoms with Crippen molar-refractivity contribution in [3.8, 4) is 0 Å². The Kier molecular flexibility index (Phi) is 4.77. The minimum Gasteiger partial charge on any atom is -0.313 e. The van der Waals surface area contributed by atoms with Crippen molar-refractivity contribution in [3.05, 3.63) is 0 Å². The van der Waals surface area contributed by atoms with Crippen molar-refractivity contribution in [3.63, 3.8) is 0 Å². The molecule has 10 heteroatoms. The summed E-state index contributed by atoms with van der Waals surface area (Å²) in [7, 11) is -13.1. The van der Waals surface area contributed by atoms with Crippen LogP contribution in [0.4, 0.5) is 0 Å². The lowest BCUT2D eigenvalue weighted by molar-refractivity contribution is 0.545. The zero-order valence-corrected chi connectivity index (χ0v) is 12.5. The fourth-order valence-corrected chi connectivity index (χ4v) is 9.19. The van der Waals surface area contributed by atoms with E-state index < -0.39 is 39.5 Å². The van der Waals surface area contributed by atoms with Gasteiger partial charge >= 0.3 is 0 Å². The summed E-state index contributed by atoms with van der Waals surface area (Å²) in [5.41, 5.74) is 0. The van der Waals surface area contributed by atoms with E-state index in [9.17, 15) is 25.3 Å². The maximum absolute atomic E-state index is 11.7. The van der Waals surface area contributed by atoms with Crippen molar-refractivity contribution in [2.75, 3.05) is 31.9 Å². The van der Waals surface area contributed by atoms with Gasteiger partial charge in [-0.15, -0.1) is 0 Å². The molecular formula is C7H17NO6S3. The van der Waals surface area contributed by atoms with E-state index >= 15 is 0 Å². The molecule has 0 unspecified atom stereocenters. The molecule has 1 N–H and O–H groups in total. The Bertz CT molecular complexity index is 492. The van der Waals surface area contributed by atoms with Crippen LogP contribution in [0.5, 0.6) is 0 Å². The summed E-state index contributed by atoms with van der Waals surface area (Å²) in [6, 6.07) is 0. The fraction of sp³-hybridized carbons (Fsp3) is 1.00. The molecule has 0 amide bonds. The molecule has 0 rings (SSSR count). The number of nitrogens with one attached hydrogen (secondary N) is 1. The molecule has 17 heavy (non-hydrogen) atoms. The number of rotatable bonds is 6. The molecule has 0 aromatic heterocycles. The van der Waals surface area contributed by atoms with Crippen LogP contribution in [0.25, 0.3) is 0 Å². The summed E-state index contributed by atoms with van der Waals surface area (Å²) in [4.78, 5) is 0. The van der Waals surface area contributed by atoms with Crippen molar-refractivity contribution in [2.24, 2.45) is 0 Å². The molecule has 0 saturated heterocycles. The zero-order chi connectivity index (χ0) is 14.1. The molecule has 0 bridgehead atoms. The Balaban J connectivity index is 6.36.